The SMILES string of the molecule is CC(=O)C1(C(C)=O)CC(C(F)(F)F)C=C1c1ccc(F)cc1. The molecule has 0 fully saturated rings. The van der Waals surface area contributed by atoms with Gasteiger partial charge in [-0.15, -0.1) is 0 Å². The molecule has 0 amide bonds. The van der Waals surface area contributed by atoms with Crippen LogP contribution in [0.5, 0.6) is 0 Å². The zero-order valence-electron chi connectivity index (χ0n) is 12.0. The van der Waals surface area contributed by atoms with Gasteiger partial charge in [0.15, 0.2) is 0 Å². The van der Waals surface area contributed by atoms with E-state index in [1.807, 2.05) is 0 Å². The van der Waals surface area contributed by atoms with E-state index in [-0.39, 0.29) is 11.1 Å². The molecule has 1 aliphatic carbocycles. The van der Waals surface area contributed by atoms with Gasteiger partial charge in [0.05, 0.1) is 5.92 Å². The number of rotatable bonds is 3. The van der Waals surface area contributed by atoms with Gasteiger partial charge in [-0.3, -0.25) is 9.59 Å². The Kier molecular flexibility index (Phi) is 3.98. The minimum atomic E-state index is -4.54. The summed E-state index contributed by atoms with van der Waals surface area (Å²) in [6.45, 7) is 2.22. The van der Waals surface area contributed by atoms with Gasteiger partial charge in [0.25, 0.3) is 0 Å². The topological polar surface area (TPSA) is 34.1 Å². The molecule has 0 saturated carbocycles. The van der Waals surface area contributed by atoms with Gasteiger partial charge in [-0.05, 0) is 43.5 Å². The van der Waals surface area contributed by atoms with Crippen LogP contribution < -0.4 is 0 Å². The van der Waals surface area contributed by atoms with E-state index < -0.39 is 41.3 Å². The number of benzene rings is 1. The molecule has 1 atom stereocenters. The van der Waals surface area contributed by atoms with Crippen molar-refractivity contribution < 1.29 is 27.2 Å². The van der Waals surface area contributed by atoms with Crippen molar-refractivity contribution in [2.45, 2.75) is 26.4 Å². The van der Waals surface area contributed by atoms with Crippen LogP contribution in [-0.4, -0.2) is 17.7 Å². The number of hydrogen-bond donors (Lipinski definition) is 0. The van der Waals surface area contributed by atoms with Crippen molar-refractivity contribution in [3.8, 4) is 0 Å². The molecule has 2 rings (SSSR count). The van der Waals surface area contributed by atoms with Crippen molar-refractivity contribution in [2.24, 2.45) is 11.3 Å². The lowest BCUT2D eigenvalue weighted by Crippen LogP contribution is -2.37. The van der Waals surface area contributed by atoms with Gasteiger partial charge in [-0.2, -0.15) is 13.2 Å². The van der Waals surface area contributed by atoms with Crippen LogP contribution >= 0.6 is 0 Å². The summed E-state index contributed by atoms with van der Waals surface area (Å²) in [5.41, 5.74) is -1.56. The number of carbonyl (C=O) groups excluding carboxylic acids is 2. The van der Waals surface area contributed by atoms with Crippen molar-refractivity contribution in [1.29, 1.82) is 0 Å². The Hall–Kier alpha value is -1.98. The van der Waals surface area contributed by atoms with E-state index >= 15 is 0 Å². The van der Waals surface area contributed by atoms with Crippen molar-refractivity contribution in [3.05, 3.63) is 41.7 Å². The maximum Gasteiger partial charge on any atom is 0.395 e. The van der Waals surface area contributed by atoms with Crippen molar-refractivity contribution >= 4 is 17.1 Å². The number of halogens is 4. The standard InChI is InChI=1S/C16H14F4O2/c1-9(21)15(10(2)22)8-12(16(18,19)20)7-14(15)11-3-5-13(17)6-4-11/h3-7,12H,8H2,1-2H3. The van der Waals surface area contributed by atoms with Crippen LogP contribution in [0.1, 0.15) is 25.8 Å². The fourth-order valence-corrected chi connectivity index (χ4v) is 2.94. The molecule has 1 unspecified atom stereocenters. The van der Waals surface area contributed by atoms with E-state index in [2.05, 4.69) is 0 Å². The highest BCUT2D eigenvalue weighted by Crippen LogP contribution is 2.52. The second kappa shape index (κ2) is 5.34. The molecule has 22 heavy (non-hydrogen) atoms. The second-order valence-electron chi connectivity index (χ2n) is 5.46. The number of alkyl halides is 3. The Labute approximate surface area is 124 Å². The minimum Gasteiger partial charge on any atom is -0.299 e. The molecule has 0 aromatic heterocycles. The zero-order chi connectivity index (χ0) is 16.7. The molecule has 1 aromatic rings. The first-order valence-electron chi connectivity index (χ1n) is 6.66. The number of allylic oxidation sites excluding steroid dienone is 2. The van der Waals surface area contributed by atoms with Crippen LogP contribution in [0, 0.1) is 17.2 Å². The van der Waals surface area contributed by atoms with E-state index in [9.17, 15) is 27.2 Å². The lowest BCUT2D eigenvalue weighted by Gasteiger charge is -2.28. The second-order valence-corrected chi connectivity index (χ2v) is 5.46. The van der Waals surface area contributed by atoms with Gasteiger partial charge >= 0.3 is 6.18 Å². The lowest BCUT2D eigenvalue weighted by atomic mass is 9.71. The Bertz CT molecular complexity index is 627. The predicted molar refractivity (Wildman–Crippen MR) is 72.3 cm³/mol. The quantitative estimate of drug-likeness (QED) is 0.625. The molecule has 0 N–H and O–H groups in total. The molecule has 0 heterocycles. The number of ketones is 2. The first-order chi connectivity index (χ1) is 10.1. The fraction of sp³-hybridized carbons (Fsp3) is 0.375. The third kappa shape index (κ3) is 2.58. The molecule has 0 aliphatic heterocycles. The summed E-state index contributed by atoms with van der Waals surface area (Å²) in [6, 6.07) is 4.73. The minimum absolute atomic E-state index is 0.00910. The van der Waals surface area contributed by atoms with Crippen molar-refractivity contribution in [1.82, 2.24) is 0 Å². The molecule has 0 bridgehead atoms. The summed E-state index contributed by atoms with van der Waals surface area (Å²) in [5, 5.41) is 0. The summed E-state index contributed by atoms with van der Waals surface area (Å²) >= 11 is 0. The third-order valence-electron chi connectivity index (χ3n) is 4.13. The Morgan fingerprint density at radius 1 is 1.09 bits per heavy atom. The number of hydrogen-bond acceptors (Lipinski definition) is 2. The highest BCUT2D eigenvalue weighted by molar-refractivity contribution is 6.16. The average Bonchev–Trinajstić information content (AvgIpc) is 2.81. The number of carbonyl (C=O) groups is 2. The van der Waals surface area contributed by atoms with Crippen molar-refractivity contribution in [2.75, 3.05) is 0 Å². The highest BCUT2D eigenvalue weighted by atomic mass is 19.4. The van der Waals surface area contributed by atoms with Gasteiger partial charge in [0.1, 0.15) is 22.8 Å². The summed E-state index contributed by atoms with van der Waals surface area (Å²) in [7, 11) is 0. The van der Waals surface area contributed by atoms with E-state index in [0.29, 0.717) is 0 Å². The van der Waals surface area contributed by atoms with Gasteiger partial charge < -0.3 is 0 Å². The zero-order valence-corrected chi connectivity index (χ0v) is 12.0. The number of Topliss-reactive ketones (excluding diaryl/α,β-unsaturated/α-hetero) is 2. The molecule has 1 aliphatic rings. The van der Waals surface area contributed by atoms with Crippen LogP contribution in [0.25, 0.3) is 5.57 Å². The predicted octanol–water partition coefficient (Wildman–Crippen LogP) is 3.96. The summed E-state index contributed by atoms with van der Waals surface area (Å²) in [5.74, 6) is -3.70. The first-order valence-corrected chi connectivity index (χ1v) is 6.66. The largest absolute Gasteiger partial charge is 0.395 e. The van der Waals surface area contributed by atoms with Gasteiger partial charge in [0.2, 0.25) is 0 Å². The van der Waals surface area contributed by atoms with Crippen LogP contribution in [0.2, 0.25) is 0 Å². The van der Waals surface area contributed by atoms with Gasteiger partial charge in [-0.25, -0.2) is 4.39 Å². The molecule has 6 heteroatoms. The maximum atomic E-state index is 13.1. The molecule has 1 aromatic carbocycles. The molecule has 0 saturated heterocycles. The van der Waals surface area contributed by atoms with Crippen LogP contribution in [0.4, 0.5) is 17.6 Å². The molecular formula is C16H14F4O2. The Morgan fingerprint density at radius 3 is 2.00 bits per heavy atom. The van der Waals surface area contributed by atoms with E-state index in [1.165, 1.54) is 12.1 Å². The maximum absolute atomic E-state index is 13.1. The van der Waals surface area contributed by atoms with Crippen LogP contribution in [-0.2, 0) is 9.59 Å². The van der Waals surface area contributed by atoms with Crippen LogP contribution in [0.15, 0.2) is 30.3 Å². The molecule has 0 spiro atoms. The summed E-state index contributed by atoms with van der Waals surface area (Å²) in [6.07, 6.45) is -4.26. The van der Waals surface area contributed by atoms with Gasteiger partial charge in [0, 0.05) is 0 Å². The van der Waals surface area contributed by atoms with E-state index in [4.69, 9.17) is 0 Å². The molecule has 2 nitrogen and oxygen atoms in total. The first kappa shape index (κ1) is 16.4. The van der Waals surface area contributed by atoms with Gasteiger partial charge in [-0.1, -0.05) is 18.2 Å². The van der Waals surface area contributed by atoms with Crippen molar-refractivity contribution in [3.63, 3.8) is 0 Å². The normalized spacial score (nSPS) is 20.6. The van der Waals surface area contributed by atoms with E-state index in [1.54, 1.807) is 0 Å². The smallest absolute Gasteiger partial charge is 0.299 e. The Balaban J connectivity index is 2.63. The lowest BCUT2D eigenvalue weighted by molar-refractivity contribution is -0.166. The third-order valence-corrected chi connectivity index (χ3v) is 4.13. The highest BCUT2D eigenvalue weighted by Gasteiger charge is 2.55. The van der Waals surface area contributed by atoms with E-state index in [0.717, 1.165) is 32.1 Å². The van der Waals surface area contributed by atoms with Crippen LogP contribution in [0.3, 0.4) is 0 Å². The monoisotopic (exact) mass is 314 g/mol. The molecular weight excluding hydrogens is 300 g/mol. The summed E-state index contributed by atoms with van der Waals surface area (Å²) in [4.78, 5) is 24.1. The Morgan fingerprint density at radius 2 is 1.59 bits per heavy atom. The summed E-state index contributed by atoms with van der Waals surface area (Å²) < 4.78 is 52.2. The average molecular weight is 314 g/mol. The fourth-order valence-electron chi connectivity index (χ4n) is 2.94. The molecule has 0 radical (unpaired) electrons. The molecule has 118 valence electrons.